The Morgan fingerprint density at radius 1 is 0.944 bits per heavy atom. The maximum Gasteiger partial charge on any atom is 0.182 e. The van der Waals surface area contributed by atoms with E-state index in [0.717, 1.165) is 16.6 Å². The van der Waals surface area contributed by atoms with Gasteiger partial charge in [0.15, 0.2) is 9.84 Å². The average Bonchev–Trinajstić information content (AvgIpc) is 2.32. The maximum absolute atomic E-state index is 12.7. The van der Waals surface area contributed by atoms with Crippen LogP contribution in [0.2, 0.25) is 0 Å². The summed E-state index contributed by atoms with van der Waals surface area (Å²) in [6.07, 6.45) is 0. The Morgan fingerprint density at radius 2 is 1.50 bits per heavy atom. The summed E-state index contributed by atoms with van der Waals surface area (Å²) in [6, 6.07) is 11.9. The number of halogens is 2. The van der Waals surface area contributed by atoms with Crippen LogP contribution < -0.4 is 0 Å². The molecular formula is C13H10BrFO2S. The molecule has 0 atom stereocenters. The highest BCUT2D eigenvalue weighted by molar-refractivity contribution is 9.10. The molecule has 0 bridgehead atoms. The molecule has 0 heterocycles. The highest BCUT2D eigenvalue weighted by Gasteiger charge is 2.15. The number of hydrogen-bond donors (Lipinski definition) is 0. The van der Waals surface area contributed by atoms with Gasteiger partial charge in [-0.15, -0.1) is 0 Å². The van der Waals surface area contributed by atoms with Gasteiger partial charge in [-0.05, 0) is 42.0 Å². The second-order valence-electron chi connectivity index (χ2n) is 3.84. The van der Waals surface area contributed by atoms with Crippen LogP contribution in [-0.4, -0.2) is 8.42 Å². The molecule has 0 amide bonds. The molecule has 2 aromatic rings. The molecule has 0 saturated carbocycles. The summed E-state index contributed by atoms with van der Waals surface area (Å²) in [5.74, 6) is -0.538. The monoisotopic (exact) mass is 328 g/mol. The Morgan fingerprint density at radius 3 is 2.06 bits per heavy atom. The van der Waals surface area contributed by atoms with Crippen LogP contribution in [0.25, 0.3) is 0 Å². The first kappa shape index (κ1) is 13.2. The molecule has 2 aromatic carbocycles. The fourth-order valence-electron chi connectivity index (χ4n) is 1.53. The lowest BCUT2D eigenvalue weighted by atomic mass is 10.2. The summed E-state index contributed by atoms with van der Waals surface area (Å²) in [5, 5.41) is 0. The molecule has 18 heavy (non-hydrogen) atoms. The van der Waals surface area contributed by atoms with E-state index in [2.05, 4.69) is 15.9 Å². The molecule has 5 heteroatoms. The normalized spacial score (nSPS) is 11.4. The van der Waals surface area contributed by atoms with Crippen LogP contribution in [0.3, 0.4) is 0 Å². The minimum atomic E-state index is -3.42. The van der Waals surface area contributed by atoms with E-state index < -0.39 is 15.7 Å². The van der Waals surface area contributed by atoms with Gasteiger partial charge in [0.1, 0.15) is 5.82 Å². The van der Waals surface area contributed by atoms with Crippen LogP contribution in [0, 0.1) is 5.82 Å². The first-order chi connectivity index (χ1) is 8.47. The lowest BCUT2D eigenvalue weighted by Crippen LogP contribution is -2.04. The van der Waals surface area contributed by atoms with Crippen molar-refractivity contribution >= 4 is 25.8 Å². The van der Waals surface area contributed by atoms with Crippen molar-refractivity contribution in [1.82, 2.24) is 0 Å². The highest BCUT2D eigenvalue weighted by Crippen LogP contribution is 2.18. The predicted molar refractivity (Wildman–Crippen MR) is 71.4 cm³/mol. The van der Waals surface area contributed by atoms with E-state index in [1.807, 2.05) is 0 Å². The second-order valence-corrected chi connectivity index (χ2v) is 6.74. The van der Waals surface area contributed by atoms with Crippen LogP contribution in [0.15, 0.2) is 57.9 Å². The van der Waals surface area contributed by atoms with Crippen LogP contribution in [0.4, 0.5) is 4.39 Å². The van der Waals surface area contributed by atoms with Gasteiger partial charge in [0, 0.05) is 4.47 Å². The van der Waals surface area contributed by atoms with E-state index in [1.165, 1.54) is 12.1 Å². The number of hydrogen-bond acceptors (Lipinski definition) is 2. The van der Waals surface area contributed by atoms with Crippen molar-refractivity contribution in [1.29, 1.82) is 0 Å². The minimum Gasteiger partial charge on any atom is -0.223 e. The smallest absolute Gasteiger partial charge is 0.182 e. The lowest BCUT2D eigenvalue weighted by Gasteiger charge is -2.04. The molecule has 2 nitrogen and oxygen atoms in total. The van der Waals surface area contributed by atoms with Crippen LogP contribution >= 0.6 is 15.9 Å². The first-order valence-corrected chi connectivity index (χ1v) is 7.65. The predicted octanol–water partition coefficient (Wildman–Crippen LogP) is 3.56. The second kappa shape index (κ2) is 5.20. The van der Waals surface area contributed by atoms with Gasteiger partial charge in [0.25, 0.3) is 0 Å². The molecule has 0 N–H and O–H groups in total. The topological polar surface area (TPSA) is 34.1 Å². The van der Waals surface area contributed by atoms with Gasteiger partial charge in [-0.2, -0.15) is 0 Å². The number of sulfone groups is 1. The third-order valence-electron chi connectivity index (χ3n) is 2.44. The first-order valence-electron chi connectivity index (χ1n) is 5.20. The SMILES string of the molecule is O=S(=O)(Cc1ccc(Br)cc1)c1ccc(F)cc1. The van der Waals surface area contributed by atoms with Crippen molar-refractivity contribution in [2.75, 3.05) is 0 Å². The summed E-state index contributed by atoms with van der Waals surface area (Å²) in [7, 11) is -3.42. The Hall–Kier alpha value is -1.20. The molecule has 0 radical (unpaired) electrons. The van der Waals surface area contributed by atoms with Crippen LogP contribution in [-0.2, 0) is 15.6 Å². The van der Waals surface area contributed by atoms with Gasteiger partial charge in [0.2, 0.25) is 0 Å². The van der Waals surface area contributed by atoms with Crippen molar-refractivity contribution in [3.05, 3.63) is 64.4 Å². The molecular weight excluding hydrogens is 319 g/mol. The lowest BCUT2D eigenvalue weighted by molar-refractivity contribution is 0.594. The molecule has 0 unspecified atom stereocenters. The summed E-state index contributed by atoms with van der Waals surface area (Å²) < 4.78 is 37.8. The van der Waals surface area contributed by atoms with Crippen molar-refractivity contribution < 1.29 is 12.8 Å². The van der Waals surface area contributed by atoms with Crippen molar-refractivity contribution in [3.8, 4) is 0 Å². The van der Waals surface area contributed by atoms with E-state index in [-0.39, 0.29) is 10.6 Å². The van der Waals surface area contributed by atoms with E-state index in [0.29, 0.717) is 5.56 Å². The number of rotatable bonds is 3. The van der Waals surface area contributed by atoms with Crippen molar-refractivity contribution in [2.24, 2.45) is 0 Å². The van der Waals surface area contributed by atoms with Gasteiger partial charge < -0.3 is 0 Å². The Bertz CT molecular complexity index is 634. The average molecular weight is 329 g/mol. The fraction of sp³-hybridized carbons (Fsp3) is 0.0769. The zero-order chi connectivity index (χ0) is 13.2. The molecule has 0 fully saturated rings. The molecule has 0 aliphatic rings. The highest BCUT2D eigenvalue weighted by atomic mass is 79.9. The van der Waals surface area contributed by atoms with E-state index in [4.69, 9.17) is 0 Å². The molecule has 0 aromatic heterocycles. The summed E-state index contributed by atoms with van der Waals surface area (Å²) in [5.41, 5.74) is 0.697. The zero-order valence-electron chi connectivity index (χ0n) is 9.31. The van der Waals surface area contributed by atoms with Gasteiger partial charge in [-0.3, -0.25) is 0 Å². The zero-order valence-corrected chi connectivity index (χ0v) is 11.7. The Balaban J connectivity index is 2.27. The Labute approximate surface area is 114 Å². The van der Waals surface area contributed by atoms with E-state index in [1.54, 1.807) is 24.3 Å². The molecule has 0 aliphatic heterocycles. The summed E-state index contributed by atoms with van der Waals surface area (Å²) >= 11 is 3.29. The van der Waals surface area contributed by atoms with Crippen molar-refractivity contribution in [3.63, 3.8) is 0 Å². The molecule has 0 saturated heterocycles. The third-order valence-corrected chi connectivity index (χ3v) is 4.68. The van der Waals surface area contributed by atoms with Crippen molar-refractivity contribution in [2.45, 2.75) is 10.6 Å². The van der Waals surface area contributed by atoms with E-state index in [9.17, 15) is 12.8 Å². The van der Waals surface area contributed by atoms with Gasteiger partial charge in [-0.1, -0.05) is 28.1 Å². The van der Waals surface area contributed by atoms with Gasteiger partial charge >= 0.3 is 0 Å². The summed E-state index contributed by atoms with van der Waals surface area (Å²) in [6.45, 7) is 0. The third kappa shape index (κ3) is 3.17. The minimum absolute atomic E-state index is 0.0914. The van der Waals surface area contributed by atoms with E-state index >= 15 is 0 Å². The standard InChI is InChI=1S/C13H10BrFO2S/c14-11-3-1-10(2-4-11)9-18(16,17)13-7-5-12(15)6-8-13/h1-8H,9H2. The van der Waals surface area contributed by atoms with Crippen LogP contribution in [0.5, 0.6) is 0 Å². The van der Waals surface area contributed by atoms with Gasteiger partial charge in [-0.25, -0.2) is 12.8 Å². The quantitative estimate of drug-likeness (QED) is 0.807. The molecule has 0 spiro atoms. The Kier molecular flexibility index (Phi) is 3.82. The fourth-order valence-corrected chi connectivity index (χ4v) is 3.14. The van der Waals surface area contributed by atoms with Crippen LogP contribution in [0.1, 0.15) is 5.56 Å². The molecule has 0 aliphatic carbocycles. The largest absolute Gasteiger partial charge is 0.223 e. The molecule has 94 valence electrons. The summed E-state index contributed by atoms with van der Waals surface area (Å²) in [4.78, 5) is 0.131. The maximum atomic E-state index is 12.7. The molecule has 2 rings (SSSR count). The van der Waals surface area contributed by atoms with Gasteiger partial charge in [0.05, 0.1) is 10.6 Å². The number of benzene rings is 2.